The van der Waals surface area contributed by atoms with Crippen molar-refractivity contribution in [2.24, 2.45) is 0 Å². The number of nitrogens with zero attached hydrogens (tertiary/aromatic N) is 2. The van der Waals surface area contributed by atoms with Crippen molar-refractivity contribution in [1.82, 2.24) is 15.0 Å². The molecule has 0 aliphatic carbocycles. The van der Waals surface area contributed by atoms with Crippen molar-refractivity contribution in [2.75, 3.05) is 5.73 Å². The van der Waals surface area contributed by atoms with Gasteiger partial charge in [0, 0.05) is 6.20 Å². The number of H-pyrrole nitrogens is 1. The molecule has 0 aromatic carbocycles. The minimum Gasteiger partial charge on any atom is -0.478 e. The van der Waals surface area contributed by atoms with Gasteiger partial charge in [-0.2, -0.15) is 0 Å². The number of nitrogens with two attached hydrogens (primary N) is 1. The second-order valence-electron chi connectivity index (χ2n) is 3.02. The molecule has 0 aliphatic heterocycles. The standard InChI is InChI=1S/C9H7BrN4O2/c10-7-4(8(15)16)3-6(13-7)5-1-2-12-9(11)14-5/h1-3,13H,(H,15,16)(H2,11,12,14). The number of carboxylic acids is 1. The molecule has 2 rings (SSSR count). The van der Waals surface area contributed by atoms with Crippen molar-refractivity contribution in [3.8, 4) is 11.4 Å². The summed E-state index contributed by atoms with van der Waals surface area (Å²) in [4.78, 5) is 21.4. The highest BCUT2D eigenvalue weighted by molar-refractivity contribution is 9.10. The molecule has 2 aromatic rings. The molecule has 4 N–H and O–H groups in total. The lowest BCUT2D eigenvalue weighted by atomic mass is 10.2. The molecule has 0 saturated carbocycles. The van der Waals surface area contributed by atoms with Gasteiger partial charge in [0.1, 0.15) is 0 Å². The van der Waals surface area contributed by atoms with Crippen LogP contribution in [0.4, 0.5) is 5.95 Å². The van der Waals surface area contributed by atoms with Crippen LogP contribution in [0.25, 0.3) is 11.4 Å². The fourth-order valence-corrected chi connectivity index (χ4v) is 1.74. The molecule has 0 radical (unpaired) electrons. The highest BCUT2D eigenvalue weighted by Gasteiger charge is 2.14. The SMILES string of the molecule is Nc1nccc(-c2cc(C(=O)O)c(Br)[nH]2)n1. The van der Waals surface area contributed by atoms with Gasteiger partial charge in [-0.1, -0.05) is 0 Å². The normalized spacial score (nSPS) is 10.3. The van der Waals surface area contributed by atoms with Gasteiger partial charge in [-0.25, -0.2) is 14.8 Å². The number of hydrogen-bond acceptors (Lipinski definition) is 4. The molecule has 7 heteroatoms. The maximum Gasteiger partial charge on any atom is 0.338 e. The zero-order valence-electron chi connectivity index (χ0n) is 7.94. The predicted molar refractivity (Wildman–Crippen MR) is 60.9 cm³/mol. The first-order chi connectivity index (χ1) is 7.58. The highest BCUT2D eigenvalue weighted by atomic mass is 79.9. The van der Waals surface area contributed by atoms with Crippen LogP contribution in [0.15, 0.2) is 22.9 Å². The monoisotopic (exact) mass is 282 g/mol. The van der Waals surface area contributed by atoms with E-state index in [1.54, 1.807) is 6.07 Å². The number of anilines is 1. The summed E-state index contributed by atoms with van der Waals surface area (Å²) in [6.45, 7) is 0. The Bertz CT molecular complexity index is 552. The van der Waals surface area contributed by atoms with Gasteiger partial charge in [0.05, 0.1) is 21.6 Å². The molecule has 16 heavy (non-hydrogen) atoms. The van der Waals surface area contributed by atoms with Crippen LogP contribution in [-0.2, 0) is 0 Å². The first-order valence-corrected chi connectivity index (χ1v) is 5.08. The first kappa shape index (κ1) is 10.6. The summed E-state index contributed by atoms with van der Waals surface area (Å²) in [6.07, 6.45) is 1.51. The second-order valence-corrected chi connectivity index (χ2v) is 3.81. The van der Waals surface area contributed by atoms with Gasteiger partial charge in [0.2, 0.25) is 5.95 Å². The number of hydrogen-bond donors (Lipinski definition) is 3. The molecule has 0 saturated heterocycles. The van der Waals surface area contributed by atoms with Gasteiger partial charge in [0.25, 0.3) is 0 Å². The molecule has 2 aromatic heterocycles. The number of nitrogens with one attached hydrogen (secondary N) is 1. The number of aromatic carboxylic acids is 1. The molecule has 0 bridgehead atoms. The Kier molecular flexibility index (Phi) is 2.61. The Balaban J connectivity index is 2.49. The Morgan fingerprint density at radius 3 is 2.88 bits per heavy atom. The van der Waals surface area contributed by atoms with Gasteiger partial charge >= 0.3 is 5.97 Å². The summed E-state index contributed by atoms with van der Waals surface area (Å²) in [5.74, 6) is -0.878. The topological polar surface area (TPSA) is 105 Å². The molecular weight excluding hydrogens is 276 g/mol. The van der Waals surface area contributed by atoms with E-state index < -0.39 is 5.97 Å². The largest absolute Gasteiger partial charge is 0.478 e. The van der Waals surface area contributed by atoms with Crippen molar-refractivity contribution >= 4 is 27.8 Å². The molecule has 0 spiro atoms. The van der Waals surface area contributed by atoms with E-state index >= 15 is 0 Å². The lowest BCUT2D eigenvalue weighted by Gasteiger charge is -1.96. The fourth-order valence-electron chi connectivity index (χ4n) is 1.25. The quantitative estimate of drug-likeness (QED) is 0.774. The second kappa shape index (κ2) is 3.93. The lowest BCUT2D eigenvalue weighted by molar-refractivity contribution is 0.0696. The van der Waals surface area contributed by atoms with Gasteiger partial charge in [-0.05, 0) is 28.1 Å². The summed E-state index contributed by atoms with van der Waals surface area (Å²) in [5.41, 5.74) is 6.69. The van der Waals surface area contributed by atoms with E-state index in [1.807, 2.05) is 0 Å². The zero-order chi connectivity index (χ0) is 11.7. The van der Waals surface area contributed by atoms with Crippen molar-refractivity contribution in [3.63, 3.8) is 0 Å². The Morgan fingerprint density at radius 1 is 1.56 bits per heavy atom. The van der Waals surface area contributed by atoms with Crippen LogP contribution in [0.5, 0.6) is 0 Å². The molecule has 0 amide bonds. The molecular formula is C9H7BrN4O2. The molecule has 0 aliphatic rings. The van der Waals surface area contributed by atoms with Gasteiger partial charge in [-0.3, -0.25) is 0 Å². The summed E-state index contributed by atoms with van der Waals surface area (Å²) >= 11 is 3.12. The van der Waals surface area contributed by atoms with E-state index in [9.17, 15) is 4.79 Å². The average molecular weight is 283 g/mol. The number of carbonyl (C=O) groups is 1. The van der Waals surface area contributed by atoms with Crippen LogP contribution >= 0.6 is 15.9 Å². The Labute approximate surface area is 98.7 Å². The van der Waals surface area contributed by atoms with Crippen molar-refractivity contribution < 1.29 is 9.90 Å². The fraction of sp³-hybridized carbons (Fsp3) is 0. The Hall–Kier alpha value is -1.89. The van der Waals surface area contributed by atoms with E-state index in [0.717, 1.165) is 0 Å². The van der Waals surface area contributed by atoms with E-state index in [4.69, 9.17) is 10.8 Å². The van der Waals surface area contributed by atoms with Gasteiger partial charge in [0.15, 0.2) is 0 Å². The smallest absolute Gasteiger partial charge is 0.338 e. The number of carboxylic acid groups (broad SMARTS) is 1. The molecule has 0 atom stereocenters. The molecule has 0 unspecified atom stereocenters. The van der Waals surface area contributed by atoms with Crippen LogP contribution in [0, 0.1) is 0 Å². The molecule has 2 heterocycles. The summed E-state index contributed by atoms with van der Waals surface area (Å²) in [5, 5.41) is 8.87. The summed E-state index contributed by atoms with van der Waals surface area (Å²) in [6, 6.07) is 3.12. The third kappa shape index (κ3) is 1.89. The summed E-state index contributed by atoms with van der Waals surface area (Å²) in [7, 11) is 0. The number of rotatable bonds is 2. The van der Waals surface area contributed by atoms with Gasteiger partial charge in [-0.15, -0.1) is 0 Å². The van der Waals surface area contributed by atoms with Crippen molar-refractivity contribution in [2.45, 2.75) is 0 Å². The van der Waals surface area contributed by atoms with Crippen molar-refractivity contribution in [3.05, 3.63) is 28.5 Å². The molecule has 0 fully saturated rings. The number of aromatic nitrogens is 3. The average Bonchev–Trinajstić information content (AvgIpc) is 2.60. The Morgan fingerprint density at radius 2 is 2.31 bits per heavy atom. The van der Waals surface area contributed by atoms with E-state index in [2.05, 4.69) is 30.9 Å². The van der Waals surface area contributed by atoms with Crippen LogP contribution in [0.3, 0.4) is 0 Å². The summed E-state index contributed by atoms with van der Waals surface area (Å²) < 4.78 is 0.396. The van der Waals surface area contributed by atoms with E-state index in [1.165, 1.54) is 12.3 Å². The third-order valence-corrected chi connectivity index (χ3v) is 2.58. The van der Waals surface area contributed by atoms with Crippen molar-refractivity contribution in [1.29, 1.82) is 0 Å². The van der Waals surface area contributed by atoms with E-state index in [-0.39, 0.29) is 11.5 Å². The van der Waals surface area contributed by atoms with Crippen LogP contribution in [-0.4, -0.2) is 26.0 Å². The maximum atomic E-state index is 10.8. The zero-order valence-corrected chi connectivity index (χ0v) is 9.52. The number of aromatic amines is 1. The number of nitrogen functional groups attached to an aromatic ring is 1. The molecule has 6 nitrogen and oxygen atoms in total. The van der Waals surface area contributed by atoms with Crippen LogP contribution < -0.4 is 5.73 Å². The molecule has 82 valence electrons. The lowest BCUT2D eigenvalue weighted by Crippen LogP contribution is -1.95. The van der Waals surface area contributed by atoms with E-state index in [0.29, 0.717) is 16.0 Å². The predicted octanol–water partition coefficient (Wildman–Crippen LogP) is 1.51. The highest BCUT2D eigenvalue weighted by Crippen LogP contribution is 2.24. The first-order valence-electron chi connectivity index (χ1n) is 4.28. The number of halogens is 1. The third-order valence-electron chi connectivity index (χ3n) is 1.95. The minimum atomic E-state index is -1.02. The van der Waals surface area contributed by atoms with Crippen LogP contribution in [0.1, 0.15) is 10.4 Å². The van der Waals surface area contributed by atoms with Gasteiger partial charge < -0.3 is 15.8 Å². The minimum absolute atomic E-state index is 0.139. The van der Waals surface area contributed by atoms with Crippen LogP contribution in [0.2, 0.25) is 0 Å². The maximum absolute atomic E-state index is 10.8.